The van der Waals surface area contributed by atoms with Crippen molar-refractivity contribution in [3.8, 4) is 0 Å². The van der Waals surface area contributed by atoms with Crippen LogP contribution in [0.2, 0.25) is 0 Å². The predicted octanol–water partition coefficient (Wildman–Crippen LogP) is -1.18. The highest BCUT2D eigenvalue weighted by Gasteiger charge is 2.41. The average molecular weight is 297 g/mol. The first-order chi connectivity index (χ1) is 10.1. The Hall–Kier alpha value is -1.61. The molecule has 1 fully saturated rings. The maximum atomic E-state index is 12.1. The van der Waals surface area contributed by atoms with E-state index in [-0.39, 0.29) is 25.2 Å². The fraction of sp³-hybridized carbons (Fsp3) is 0.615. The van der Waals surface area contributed by atoms with Gasteiger partial charge in [-0.3, -0.25) is 4.90 Å². The molecule has 3 rings (SSSR count). The topological polar surface area (TPSA) is 103 Å². The highest BCUT2D eigenvalue weighted by molar-refractivity contribution is 5.78. The fourth-order valence-electron chi connectivity index (χ4n) is 2.75. The molecule has 3 heterocycles. The highest BCUT2D eigenvalue weighted by Crippen LogP contribution is 2.27. The molecule has 2 amide bonds. The Morgan fingerprint density at radius 2 is 2.33 bits per heavy atom. The largest absolute Gasteiger partial charge is 0.394 e. The normalized spacial score (nSPS) is 35.0. The van der Waals surface area contributed by atoms with Gasteiger partial charge in [0.2, 0.25) is 0 Å². The van der Waals surface area contributed by atoms with Gasteiger partial charge in [-0.25, -0.2) is 4.79 Å². The molecule has 1 saturated heterocycles. The molecule has 4 N–H and O–H groups in total. The zero-order chi connectivity index (χ0) is 15.0. The summed E-state index contributed by atoms with van der Waals surface area (Å²) in [5.74, 6) is 0. The molecule has 3 aliphatic heterocycles. The Bertz CT molecular complexity index is 492. The number of amides is 2. The van der Waals surface area contributed by atoms with Crippen LogP contribution in [0.5, 0.6) is 0 Å². The van der Waals surface area contributed by atoms with Crippen molar-refractivity contribution in [2.75, 3.05) is 20.3 Å². The number of carbonyl (C=O) groups excluding carboxylic acids is 1. The molecule has 0 aliphatic carbocycles. The van der Waals surface area contributed by atoms with E-state index in [0.29, 0.717) is 6.61 Å². The van der Waals surface area contributed by atoms with Crippen LogP contribution in [-0.2, 0) is 9.47 Å². The third-order valence-electron chi connectivity index (χ3n) is 3.79. The maximum absolute atomic E-state index is 12.1. The fourth-order valence-corrected chi connectivity index (χ4v) is 2.75. The number of urea groups is 1. The van der Waals surface area contributed by atoms with E-state index in [9.17, 15) is 9.90 Å². The number of fused-ring (bicyclic) bond motifs is 1. The summed E-state index contributed by atoms with van der Waals surface area (Å²) < 4.78 is 10.6. The Morgan fingerprint density at radius 1 is 1.52 bits per heavy atom. The van der Waals surface area contributed by atoms with Crippen molar-refractivity contribution in [3.05, 3.63) is 23.5 Å². The second-order valence-corrected chi connectivity index (χ2v) is 5.28. The zero-order valence-electron chi connectivity index (χ0n) is 11.7. The number of rotatable bonds is 4. The average Bonchev–Trinajstić information content (AvgIpc) is 3.00. The number of hydrogen-bond acceptors (Lipinski definition) is 6. The van der Waals surface area contributed by atoms with E-state index >= 15 is 0 Å². The molecule has 1 unspecified atom stereocenters. The molecule has 0 spiro atoms. The Labute approximate surface area is 122 Å². The smallest absolute Gasteiger partial charge is 0.325 e. The van der Waals surface area contributed by atoms with Gasteiger partial charge in [-0.05, 0) is 6.08 Å². The monoisotopic (exact) mass is 297 g/mol. The maximum Gasteiger partial charge on any atom is 0.325 e. The minimum absolute atomic E-state index is 0.265. The van der Waals surface area contributed by atoms with E-state index in [1.165, 1.54) is 4.90 Å². The van der Waals surface area contributed by atoms with Gasteiger partial charge in [0.05, 0.1) is 19.3 Å². The van der Waals surface area contributed by atoms with Crippen LogP contribution < -0.4 is 10.6 Å². The van der Waals surface area contributed by atoms with Crippen molar-refractivity contribution >= 4 is 6.03 Å². The van der Waals surface area contributed by atoms with Crippen LogP contribution >= 0.6 is 0 Å². The second-order valence-electron chi connectivity index (χ2n) is 5.28. The zero-order valence-corrected chi connectivity index (χ0v) is 11.7. The van der Waals surface area contributed by atoms with E-state index in [2.05, 4.69) is 10.6 Å². The molecule has 4 atom stereocenters. The number of nitrogens with one attached hydrogen (secondary N) is 2. The number of nitrogens with zero attached hydrogens (tertiary/aromatic N) is 1. The number of carbonyl (C=O) groups is 1. The first-order valence-electron chi connectivity index (χ1n) is 6.83. The van der Waals surface area contributed by atoms with E-state index in [0.717, 1.165) is 11.3 Å². The molecule has 8 nitrogen and oxygen atoms in total. The van der Waals surface area contributed by atoms with Crippen molar-refractivity contribution in [2.24, 2.45) is 0 Å². The van der Waals surface area contributed by atoms with Crippen molar-refractivity contribution in [3.63, 3.8) is 0 Å². The second kappa shape index (κ2) is 5.64. The van der Waals surface area contributed by atoms with Crippen LogP contribution in [0.4, 0.5) is 4.79 Å². The van der Waals surface area contributed by atoms with Crippen LogP contribution in [0, 0.1) is 0 Å². The van der Waals surface area contributed by atoms with E-state index in [1.54, 1.807) is 13.3 Å². The van der Waals surface area contributed by atoms with Crippen molar-refractivity contribution in [2.45, 2.75) is 31.0 Å². The molecule has 116 valence electrons. The molecule has 0 aromatic heterocycles. The number of ether oxygens (including phenoxy) is 2. The number of hydrogen-bond donors (Lipinski definition) is 4. The SMILES string of the molecule is COCC1=CC2=CN([C@H]3C[C@H](O)[C@@H](CO)O3)C(=O)NC2N1. The molecule has 0 aromatic rings. The van der Waals surface area contributed by atoms with Gasteiger partial charge in [-0.2, -0.15) is 0 Å². The van der Waals surface area contributed by atoms with Gasteiger partial charge < -0.3 is 30.3 Å². The third-order valence-corrected chi connectivity index (χ3v) is 3.79. The number of methoxy groups -OCH3 is 1. The molecular formula is C13H19N3O5. The lowest BCUT2D eigenvalue weighted by atomic mass is 10.1. The Morgan fingerprint density at radius 3 is 3.00 bits per heavy atom. The molecule has 0 radical (unpaired) electrons. The van der Waals surface area contributed by atoms with Crippen LogP contribution in [-0.4, -0.2) is 66.1 Å². The Kier molecular flexibility index (Phi) is 3.85. The first-order valence-corrected chi connectivity index (χ1v) is 6.83. The molecule has 0 bridgehead atoms. The summed E-state index contributed by atoms with van der Waals surface area (Å²) >= 11 is 0. The molecule has 3 aliphatic rings. The minimum Gasteiger partial charge on any atom is -0.394 e. The van der Waals surface area contributed by atoms with Gasteiger partial charge in [0.15, 0.2) is 0 Å². The first kappa shape index (κ1) is 14.3. The molecule has 8 heteroatoms. The van der Waals surface area contributed by atoms with Crippen LogP contribution in [0.1, 0.15) is 6.42 Å². The minimum atomic E-state index is -0.773. The molecule has 21 heavy (non-hydrogen) atoms. The Balaban J connectivity index is 1.76. The summed E-state index contributed by atoms with van der Waals surface area (Å²) in [6.45, 7) is 0.167. The van der Waals surface area contributed by atoms with Crippen molar-refractivity contribution < 1.29 is 24.5 Å². The highest BCUT2D eigenvalue weighted by atomic mass is 16.5. The quantitative estimate of drug-likeness (QED) is 0.521. The lowest BCUT2D eigenvalue weighted by Gasteiger charge is -2.32. The molecule has 0 saturated carbocycles. The summed E-state index contributed by atoms with van der Waals surface area (Å²) in [6.07, 6.45) is 1.62. The molecule has 0 aromatic carbocycles. The lowest BCUT2D eigenvalue weighted by Crippen LogP contribution is -2.54. The van der Waals surface area contributed by atoms with Gasteiger partial charge in [0, 0.05) is 31.0 Å². The van der Waals surface area contributed by atoms with Gasteiger partial charge >= 0.3 is 6.03 Å². The van der Waals surface area contributed by atoms with Gasteiger partial charge in [-0.1, -0.05) is 0 Å². The van der Waals surface area contributed by atoms with Crippen LogP contribution in [0.25, 0.3) is 0 Å². The van der Waals surface area contributed by atoms with Crippen molar-refractivity contribution in [1.29, 1.82) is 0 Å². The van der Waals surface area contributed by atoms with E-state index < -0.39 is 18.4 Å². The predicted molar refractivity (Wildman–Crippen MR) is 71.7 cm³/mol. The molecular weight excluding hydrogens is 278 g/mol. The van der Waals surface area contributed by atoms with E-state index in [1.807, 2.05) is 6.08 Å². The standard InChI is InChI=1S/C13H19N3O5/c1-20-6-8-2-7-4-16(13(19)15-12(7)14-8)11-3-9(18)10(5-17)21-11/h2,4,9-12,14,17-18H,3,5-6H2,1H3,(H,15,19)/t9-,10+,11+,12?/m0/s1. The van der Waals surface area contributed by atoms with Gasteiger partial charge in [0.25, 0.3) is 0 Å². The van der Waals surface area contributed by atoms with Gasteiger partial charge in [-0.15, -0.1) is 0 Å². The number of aliphatic hydroxyl groups is 2. The van der Waals surface area contributed by atoms with Crippen LogP contribution in [0.3, 0.4) is 0 Å². The summed E-state index contributed by atoms with van der Waals surface area (Å²) in [5.41, 5.74) is 1.78. The third kappa shape index (κ3) is 2.62. The summed E-state index contributed by atoms with van der Waals surface area (Å²) in [4.78, 5) is 13.6. The lowest BCUT2D eigenvalue weighted by molar-refractivity contribution is -0.0544. The van der Waals surface area contributed by atoms with E-state index in [4.69, 9.17) is 14.6 Å². The van der Waals surface area contributed by atoms with Crippen LogP contribution in [0.15, 0.2) is 23.5 Å². The summed E-state index contributed by atoms with van der Waals surface area (Å²) in [5, 5.41) is 24.8. The number of aliphatic hydroxyl groups excluding tert-OH is 2. The summed E-state index contributed by atoms with van der Waals surface area (Å²) in [6, 6.07) is -0.306. The summed E-state index contributed by atoms with van der Waals surface area (Å²) in [7, 11) is 1.60. The van der Waals surface area contributed by atoms with Crippen molar-refractivity contribution in [1.82, 2.24) is 15.5 Å². The van der Waals surface area contributed by atoms with Gasteiger partial charge in [0.1, 0.15) is 18.5 Å².